The summed E-state index contributed by atoms with van der Waals surface area (Å²) in [5.74, 6) is -0.0871. The van der Waals surface area contributed by atoms with E-state index in [2.05, 4.69) is 21.3 Å². The first kappa shape index (κ1) is 23.8. The summed E-state index contributed by atoms with van der Waals surface area (Å²) >= 11 is 1.69. The number of nitrogens with one attached hydrogen (secondary N) is 1. The second-order valence-electron chi connectivity index (χ2n) is 9.14. The van der Waals surface area contributed by atoms with Crippen molar-refractivity contribution in [3.63, 3.8) is 0 Å². The molecule has 1 saturated heterocycles. The number of esters is 1. The Morgan fingerprint density at radius 2 is 2.06 bits per heavy atom. The highest BCUT2D eigenvalue weighted by molar-refractivity contribution is 7.16. The number of likely N-dealkylation sites (tertiary alicyclic amines) is 1. The number of carbonyl (C=O) groups excluding carboxylic acids is 2. The second-order valence-corrected chi connectivity index (χ2v) is 10.2. The molecule has 4 heterocycles. The molecule has 0 spiro atoms. The summed E-state index contributed by atoms with van der Waals surface area (Å²) < 4.78 is 10.6. The Bertz CT molecular complexity index is 1150. The maximum atomic E-state index is 13.0. The number of rotatable bonds is 7. The molecule has 1 aliphatic heterocycles. The van der Waals surface area contributed by atoms with Crippen molar-refractivity contribution in [3.05, 3.63) is 70.3 Å². The minimum atomic E-state index is -0.235. The summed E-state index contributed by atoms with van der Waals surface area (Å²) in [6.07, 6.45) is 11.1. The van der Waals surface area contributed by atoms with E-state index in [1.807, 2.05) is 19.2 Å². The van der Waals surface area contributed by atoms with Gasteiger partial charge in [-0.1, -0.05) is 6.07 Å². The van der Waals surface area contributed by atoms with Gasteiger partial charge in [-0.05, 0) is 87.9 Å². The Morgan fingerprint density at radius 3 is 2.77 bits per heavy atom. The van der Waals surface area contributed by atoms with Crippen LogP contribution in [0.2, 0.25) is 0 Å². The molecular weight excluding hydrogens is 462 g/mol. The quantitative estimate of drug-likeness (QED) is 0.454. The van der Waals surface area contributed by atoms with Crippen LogP contribution < -0.4 is 5.32 Å². The lowest BCUT2D eigenvalue weighted by Gasteiger charge is -2.38. The largest absolute Gasteiger partial charge is 0.466 e. The molecule has 7 nitrogen and oxygen atoms in total. The highest BCUT2D eigenvalue weighted by Crippen LogP contribution is 2.46. The van der Waals surface area contributed by atoms with Crippen molar-refractivity contribution in [3.8, 4) is 0 Å². The van der Waals surface area contributed by atoms with Gasteiger partial charge in [0, 0.05) is 22.8 Å². The molecule has 0 aromatic carbocycles. The number of anilines is 1. The molecule has 0 radical (unpaired) electrons. The number of hydrogen-bond donors (Lipinski definition) is 1. The highest BCUT2D eigenvalue weighted by atomic mass is 32.1. The Labute approximate surface area is 209 Å². The van der Waals surface area contributed by atoms with Gasteiger partial charge in [0.05, 0.1) is 24.8 Å². The lowest BCUT2D eigenvalue weighted by Crippen LogP contribution is -2.40. The van der Waals surface area contributed by atoms with E-state index >= 15 is 0 Å². The normalized spacial score (nSPS) is 17.5. The molecule has 35 heavy (non-hydrogen) atoms. The molecule has 5 rings (SSSR count). The molecule has 184 valence electrons. The number of thiophene rings is 1. The van der Waals surface area contributed by atoms with Gasteiger partial charge in [-0.15, -0.1) is 11.3 Å². The lowest BCUT2D eigenvalue weighted by atomic mass is 9.87. The predicted molar refractivity (Wildman–Crippen MR) is 135 cm³/mol. The number of aromatic nitrogens is 1. The first-order valence-electron chi connectivity index (χ1n) is 12.5. The van der Waals surface area contributed by atoms with E-state index in [4.69, 9.17) is 9.15 Å². The van der Waals surface area contributed by atoms with E-state index in [0.29, 0.717) is 12.4 Å². The molecule has 2 aliphatic rings. The van der Waals surface area contributed by atoms with Gasteiger partial charge in [0.1, 0.15) is 5.00 Å². The van der Waals surface area contributed by atoms with Crippen LogP contribution in [0.15, 0.2) is 47.3 Å². The maximum Gasteiger partial charge on any atom is 0.309 e. The predicted octanol–water partition coefficient (Wildman–Crippen LogP) is 5.23. The van der Waals surface area contributed by atoms with Crippen molar-refractivity contribution in [1.82, 2.24) is 9.88 Å². The van der Waals surface area contributed by atoms with E-state index in [1.165, 1.54) is 28.7 Å². The van der Waals surface area contributed by atoms with Crippen LogP contribution in [-0.4, -0.2) is 41.5 Å². The minimum absolute atomic E-state index is 0.0446. The van der Waals surface area contributed by atoms with Crippen molar-refractivity contribution in [2.45, 2.75) is 51.5 Å². The summed E-state index contributed by atoms with van der Waals surface area (Å²) in [6, 6.07) is 7.44. The van der Waals surface area contributed by atoms with Crippen molar-refractivity contribution >= 4 is 28.2 Å². The third-order valence-corrected chi connectivity index (χ3v) is 8.20. The molecule has 1 atom stereocenters. The number of amides is 1. The first-order valence-corrected chi connectivity index (χ1v) is 13.3. The van der Waals surface area contributed by atoms with Crippen LogP contribution in [0.3, 0.4) is 0 Å². The number of furan rings is 1. The van der Waals surface area contributed by atoms with Crippen molar-refractivity contribution in [1.29, 1.82) is 0 Å². The van der Waals surface area contributed by atoms with Gasteiger partial charge in [-0.25, -0.2) is 0 Å². The number of fused-ring (bicyclic) bond motifs is 1. The number of hydrogen-bond acceptors (Lipinski definition) is 7. The highest BCUT2D eigenvalue weighted by Gasteiger charge is 2.35. The van der Waals surface area contributed by atoms with Crippen LogP contribution >= 0.6 is 11.3 Å². The SMILES string of the molecule is CCOC(=O)C1CCN([C@@H](c2cccnc2)c2c(NC(=O)c3ccco3)sc3c2CCCC3)CC1. The summed E-state index contributed by atoms with van der Waals surface area (Å²) in [5, 5.41) is 4.06. The molecular formula is C27H31N3O4S. The Hall–Kier alpha value is -2.97. The molecule has 0 saturated carbocycles. The molecule has 0 bridgehead atoms. The molecule has 8 heteroatoms. The van der Waals surface area contributed by atoms with Crippen molar-refractivity contribution < 1.29 is 18.7 Å². The first-order chi connectivity index (χ1) is 17.2. The van der Waals surface area contributed by atoms with Crippen LogP contribution in [0, 0.1) is 5.92 Å². The van der Waals surface area contributed by atoms with Crippen molar-refractivity contribution in [2.75, 3.05) is 25.0 Å². The van der Waals surface area contributed by atoms with Crippen LogP contribution in [0.4, 0.5) is 5.00 Å². The monoisotopic (exact) mass is 493 g/mol. The molecule has 1 amide bonds. The molecule has 1 fully saturated rings. The molecule has 3 aromatic heterocycles. The maximum absolute atomic E-state index is 13.0. The fraction of sp³-hybridized carbons (Fsp3) is 0.444. The number of carbonyl (C=O) groups is 2. The summed E-state index contributed by atoms with van der Waals surface area (Å²) in [4.78, 5) is 33.5. The van der Waals surface area contributed by atoms with Crippen LogP contribution in [0.5, 0.6) is 0 Å². The van der Waals surface area contributed by atoms with Gasteiger partial charge in [-0.2, -0.15) is 0 Å². The third-order valence-electron chi connectivity index (χ3n) is 6.97. The molecule has 3 aromatic rings. The molecule has 0 unspecified atom stereocenters. The van der Waals surface area contributed by atoms with Crippen LogP contribution in [-0.2, 0) is 22.4 Å². The Balaban J connectivity index is 1.51. The minimum Gasteiger partial charge on any atom is -0.466 e. The topological polar surface area (TPSA) is 84.7 Å². The summed E-state index contributed by atoms with van der Waals surface area (Å²) in [6.45, 7) is 3.82. The fourth-order valence-electron chi connectivity index (χ4n) is 5.30. The van der Waals surface area contributed by atoms with E-state index in [0.717, 1.165) is 55.8 Å². The number of pyridine rings is 1. The Kier molecular flexibility index (Phi) is 7.29. The Morgan fingerprint density at radius 1 is 1.23 bits per heavy atom. The van der Waals surface area contributed by atoms with Gasteiger partial charge < -0.3 is 14.5 Å². The zero-order valence-corrected chi connectivity index (χ0v) is 20.8. The third kappa shape index (κ3) is 5.04. The van der Waals surface area contributed by atoms with Gasteiger partial charge in [0.15, 0.2) is 5.76 Å². The summed E-state index contributed by atoms with van der Waals surface area (Å²) in [7, 11) is 0. The number of piperidine rings is 1. The average molecular weight is 494 g/mol. The standard InChI is InChI=1S/C27H31N3O4S/c1-2-33-27(32)18-11-14-30(15-12-18)24(19-7-5-13-28-17-19)23-20-8-3-4-10-22(20)35-26(23)29-25(31)21-9-6-16-34-21/h5-7,9,13,16-18,24H,2-4,8,10-12,14-15H2,1H3,(H,29,31)/t24-/m0/s1. The zero-order chi connectivity index (χ0) is 24.2. The number of aryl methyl sites for hydroxylation is 1. The second kappa shape index (κ2) is 10.7. The average Bonchev–Trinajstić information content (AvgIpc) is 3.55. The van der Waals surface area contributed by atoms with Crippen LogP contribution in [0.1, 0.15) is 70.8 Å². The van der Waals surface area contributed by atoms with E-state index in [1.54, 1.807) is 29.7 Å². The summed E-state index contributed by atoms with van der Waals surface area (Å²) in [5.41, 5.74) is 3.63. The van der Waals surface area contributed by atoms with Gasteiger partial charge in [-0.3, -0.25) is 19.5 Å². The fourth-order valence-corrected chi connectivity index (χ4v) is 6.61. The van der Waals surface area contributed by atoms with E-state index in [-0.39, 0.29) is 23.8 Å². The van der Waals surface area contributed by atoms with E-state index in [9.17, 15) is 9.59 Å². The smallest absolute Gasteiger partial charge is 0.309 e. The van der Waals surface area contributed by atoms with Gasteiger partial charge >= 0.3 is 5.97 Å². The van der Waals surface area contributed by atoms with Crippen LogP contribution in [0.25, 0.3) is 0 Å². The number of nitrogens with zero attached hydrogens (tertiary/aromatic N) is 2. The zero-order valence-electron chi connectivity index (χ0n) is 20.0. The van der Waals surface area contributed by atoms with Gasteiger partial charge in [0.25, 0.3) is 5.91 Å². The number of ether oxygens (including phenoxy) is 1. The molecule has 1 aliphatic carbocycles. The van der Waals surface area contributed by atoms with Crippen molar-refractivity contribution in [2.24, 2.45) is 5.92 Å². The van der Waals surface area contributed by atoms with E-state index < -0.39 is 0 Å². The molecule has 1 N–H and O–H groups in total. The van der Waals surface area contributed by atoms with Gasteiger partial charge in [0.2, 0.25) is 0 Å². The lowest BCUT2D eigenvalue weighted by molar-refractivity contribution is -0.149.